The summed E-state index contributed by atoms with van der Waals surface area (Å²) in [6, 6.07) is 13.8. The maximum Gasteiger partial charge on any atom is 0.244 e. The van der Waals surface area contributed by atoms with Gasteiger partial charge in [-0.15, -0.1) is 0 Å². The van der Waals surface area contributed by atoms with Crippen molar-refractivity contribution < 1.29 is 9.18 Å². The van der Waals surface area contributed by atoms with Gasteiger partial charge in [0.15, 0.2) is 0 Å². The summed E-state index contributed by atoms with van der Waals surface area (Å²) in [4.78, 5) is 15.8. The van der Waals surface area contributed by atoms with Crippen LogP contribution in [0.5, 0.6) is 0 Å². The zero-order valence-corrected chi connectivity index (χ0v) is 12.9. The first-order valence-electron chi connectivity index (χ1n) is 7.49. The molecule has 5 heteroatoms. The van der Waals surface area contributed by atoms with Gasteiger partial charge in [0.05, 0.1) is 6.33 Å². The fourth-order valence-corrected chi connectivity index (χ4v) is 2.19. The van der Waals surface area contributed by atoms with E-state index in [9.17, 15) is 9.18 Å². The summed E-state index contributed by atoms with van der Waals surface area (Å²) in [5.74, 6) is -0.492. The maximum absolute atomic E-state index is 12.8. The highest BCUT2D eigenvalue weighted by atomic mass is 19.1. The fraction of sp³-hybridized carbons (Fsp3) is 0.0526. The predicted octanol–water partition coefficient (Wildman–Crippen LogP) is 3.34. The zero-order valence-electron chi connectivity index (χ0n) is 12.9. The third kappa shape index (κ3) is 4.16. The third-order valence-electron chi connectivity index (χ3n) is 3.50. The molecule has 0 radical (unpaired) electrons. The van der Waals surface area contributed by atoms with Crippen molar-refractivity contribution in [3.8, 4) is 5.69 Å². The largest absolute Gasteiger partial charge is 0.348 e. The molecule has 4 nitrogen and oxygen atoms in total. The first-order chi connectivity index (χ1) is 11.7. The minimum Gasteiger partial charge on any atom is -0.348 e. The molecule has 0 saturated carbocycles. The van der Waals surface area contributed by atoms with Crippen molar-refractivity contribution in [1.82, 2.24) is 14.9 Å². The Hall–Kier alpha value is -3.21. The molecule has 24 heavy (non-hydrogen) atoms. The molecule has 2 aromatic carbocycles. The van der Waals surface area contributed by atoms with Crippen molar-refractivity contribution >= 4 is 12.0 Å². The SMILES string of the molecule is O=C(/C=C/c1ccc(F)cc1)NCc1ccc(-n2ccnc2)cc1. The van der Waals surface area contributed by atoms with Gasteiger partial charge in [-0.05, 0) is 41.5 Å². The predicted molar refractivity (Wildman–Crippen MR) is 90.8 cm³/mol. The number of aromatic nitrogens is 2. The van der Waals surface area contributed by atoms with E-state index in [1.165, 1.54) is 18.2 Å². The van der Waals surface area contributed by atoms with Crippen molar-refractivity contribution in [1.29, 1.82) is 0 Å². The van der Waals surface area contributed by atoms with Gasteiger partial charge in [-0.3, -0.25) is 4.79 Å². The van der Waals surface area contributed by atoms with Crippen LogP contribution in [-0.4, -0.2) is 15.5 Å². The van der Waals surface area contributed by atoms with Gasteiger partial charge in [-0.2, -0.15) is 0 Å². The van der Waals surface area contributed by atoms with Crippen LogP contribution in [0.2, 0.25) is 0 Å². The highest BCUT2D eigenvalue weighted by Crippen LogP contribution is 2.09. The van der Waals surface area contributed by atoms with Crippen LogP contribution in [0.25, 0.3) is 11.8 Å². The zero-order chi connectivity index (χ0) is 16.8. The minimum atomic E-state index is -0.296. The van der Waals surface area contributed by atoms with E-state index in [2.05, 4.69) is 10.3 Å². The lowest BCUT2D eigenvalue weighted by atomic mass is 10.2. The van der Waals surface area contributed by atoms with E-state index in [4.69, 9.17) is 0 Å². The van der Waals surface area contributed by atoms with Crippen LogP contribution in [0.1, 0.15) is 11.1 Å². The molecule has 120 valence electrons. The normalized spacial score (nSPS) is 10.9. The molecule has 1 heterocycles. The summed E-state index contributed by atoms with van der Waals surface area (Å²) < 4.78 is 14.7. The van der Waals surface area contributed by atoms with E-state index < -0.39 is 0 Å². The number of rotatable bonds is 5. The van der Waals surface area contributed by atoms with Crippen LogP contribution >= 0.6 is 0 Å². The second-order valence-corrected chi connectivity index (χ2v) is 5.24. The minimum absolute atomic E-state index is 0.196. The molecule has 1 N–H and O–H groups in total. The number of nitrogens with one attached hydrogen (secondary N) is 1. The van der Waals surface area contributed by atoms with Gasteiger partial charge < -0.3 is 9.88 Å². The van der Waals surface area contributed by atoms with Crippen molar-refractivity contribution in [2.24, 2.45) is 0 Å². The van der Waals surface area contributed by atoms with Crippen LogP contribution in [0, 0.1) is 5.82 Å². The standard InChI is InChI=1S/C19H16FN3O/c20-17-6-1-15(2-7-17)5-10-19(24)22-13-16-3-8-18(9-4-16)23-12-11-21-14-23/h1-12,14H,13H2,(H,22,24)/b10-5+. The highest BCUT2D eigenvalue weighted by molar-refractivity contribution is 5.91. The fourth-order valence-electron chi connectivity index (χ4n) is 2.19. The lowest BCUT2D eigenvalue weighted by Gasteiger charge is -2.05. The summed E-state index contributed by atoms with van der Waals surface area (Å²) in [7, 11) is 0. The lowest BCUT2D eigenvalue weighted by molar-refractivity contribution is -0.116. The molecule has 0 atom stereocenters. The monoisotopic (exact) mass is 321 g/mol. The van der Waals surface area contributed by atoms with Crippen molar-refractivity contribution in [2.75, 3.05) is 0 Å². The molecule has 0 bridgehead atoms. The van der Waals surface area contributed by atoms with Crippen molar-refractivity contribution in [3.63, 3.8) is 0 Å². The van der Waals surface area contributed by atoms with Gasteiger partial charge in [0.25, 0.3) is 0 Å². The maximum atomic E-state index is 12.8. The number of imidazole rings is 1. The summed E-state index contributed by atoms with van der Waals surface area (Å²) >= 11 is 0. The van der Waals surface area contributed by atoms with Crippen LogP contribution < -0.4 is 5.32 Å². The first kappa shape index (κ1) is 15.7. The summed E-state index contributed by atoms with van der Waals surface area (Å²) in [6.45, 7) is 0.441. The number of nitrogens with zero attached hydrogens (tertiary/aromatic N) is 2. The lowest BCUT2D eigenvalue weighted by Crippen LogP contribution is -2.20. The third-order valence-corrected chi connectivity index (χ3v) is 3.50. The summed E-state index contributed by atoms with van der Waals surface area (Å²) in [5.41, 5.74) is 2.79. The Morgan fingerprint density at radius 1 is 1.12 bits per heavy atom. The number of hydrogen-bond acceptors (Lipinski definition) is 2. The Labute approximate surface area is 139 Å². The van der Waals surface area contributed by atoms with Crippen molar-refractivity contribution in [2.45, 2.75) is 6.54 Å². The average molecular weight is 321 g/mol. The van der Waals surface area contributed by atoms with Gasteiger partial charge in [0, 0.05) is 30.7 Å². The quantitative estimate of drug-likeness (QED) is 0.733. The molecule has 0 spiro atoms. The molecular weight excluding hydrogens is 305 g/mol. The van der Waals surface area contributed by atoms with Gasteiger partial charge >= 0.3 is 0 Å². The number of carbonyl (C=O) groups is 1. The Morgan fingerprint density at radius 3 is 2.54 bits per heavy atom. The number of amides is 1. The van der Waals surface area contributed by atoms with E-state index in [0.29, 0.717) is 6.54 Å². The van der Waals surface area contributed by atoms with Crippen LogP contribution in [0.3, 0.4) is 0 Å². The van der Waals surface area contributed by atoms with Crippen LogP contribution in [0.4, 0.5) is 4.39 Å². The topological polar surface area (TPSA) is 46.9 Å². The molecule has 0 fully saturated rings. The Balaban J connectivity index is 1.53. The molecule has 0 aliphatic rings. The molecule has 3 rings (SSSR count). The van der Waals surface area contributed by atoms with Crippen LogP contribution in [-0.2, 0) is 11.3 Å². The van der Waals surface area contributed by atoms with E-state index in [-0.39, 0.29) is 11.7 Å². The Morgan fingerprint density at radius 2 is 1.88 bits per heavy atom. The molecule has 1 amide bonds. The number of hydrogen-bond donors (Lipinski definition) is 1. The van der Waals surface area contributed by atoms with Gasteiger partial charge in [0.1, 0.15) is 5.82 Å². The highest BCUT2D eigenvalue weighted by Gasteiger charge is 1.99. The van der Waals surface area contributed by atoms with Crippen LogP contribution in [0.15, 0.2) is 73.3 Å². The van der Waals surface area contributed by atoms with Gasteiger partial charge in [-0.1, -0.05) is 24.3 Å². The van der Waals surface area contributed by atoms with Gasteiger partial charge in [-0.25, -0.2) is 9.37 Å². The molecule has 0 saturated heterocycles. The smallest absolute Gasteiger partial charge is 0.244 e. The molecule has 0 unspecified atom stereocenters. The molecule has 0 aliphatic carbocycles. The first-order valence-corrected chi connectivity index (χ1v) is 7.49. The number of benzene rings is 2. The Kier molecular flexibility index (Phi) is 4.81. The molecule has 1 aromatic heterocycles. The number of carbonyl (C=O) groups excluding carboxylic acids is 1. The summed E-state index contributed by atoms with van der Waals surface area (Å²) in [6.07, 6.45) is 8.42. The van der Waals surface area contributed by atoms with E-state index >= 15 is 0 Å². The molecular formula is C19H16FN3O. The number of halogens is 1. The van der Waals surface area contributed by atoms with Crippen molar-refractivity contribution in [3.05, 3.63) is 90.3 Å². The molecule has 3 aromatic rings. The molecule has 0 aliphatic heterocycles. The second kappa shape index (κ2) is 7.37. The Bertz CT molecular complexity index is 822. The second-order valence-electron chi connectivity index (χ2n) is 5.24. The average Bonchev–Trinajstić information content (AvgIpc) is 3.14. The van der Waals surface area contributed by atoms with Gasteiger partial charge in [0.2, 0.25) is 5.91 Å². The summed E-state index contributed by atoms with van der Waals surface area (Å²) in [5, 5.41) is 2.82. The van der Waals surface area contributed by atoms with E-state index in [0.717, 1.165) is 16.8 Å². The van der Waals surface area contributed by atoms with E-state index in [1.54, 1.807) is 30.7 Å². The van der Waals surface area contributed by atoms with E-state index in [1.807, 2.05) is 35.0 Å².